The molecule has 0 bridgehead atoms. The normalized spacial score (nSPS) is 11.8. The van der Waals surface area contributed by atoms with Crippen LogP contribution in [0.25, 0.3) is 5.69 Å². The van der Waals surface area contributed by atoms with Gasteiger partial charge in [0.2, 0.25) is 0 Å². The van der Waals surface area contributed by atoms with E-state index in [1.54, 1.807) is 6.92 Å². The van der Waals surface area contributed by atoms with E-state index in [2.05, 4.69) is 22.4 Å². The molecule has 0 unspecified atom stereocenters. The van der Waals surface area contributed by atoms with Crippen molar-refractivity contribution < 1.29 is 14.3 Å². The first-order valence-corrected chi connectivity index (χ1v) is 10.2. The molecule has 7 heteroatoms. The van der Waals surface area contributed by atoms with Gasteiger partial charge in [-0.1, -0.05) is 49.7 Å². The molecule has 0 saturated heterocycles. The van der Waals surface area contributed by atoms with Crippen molar-refractivity contribution in [3.8, 4) is 5.69 Å². The number of aryl methyl sites for hydroxylation is 1. The summed E-state index contributed by atoms with van der Waals surface area (Å²) in [5, 5.41) is 11.1. The van der Waals surface area contributed by atoms with Crippen molar-refractivity contribution >= 4 is 11.8 Å². The van der Waals surface area contributed by atoms with Gasteiger partial charge in [0.25, 0.3) is 0 Å². The van der Waals surface area contributed by atoms with Crippen LogP contribution in [-0.4, -0.2) is 32.0 Å². The second kappa shape index (κ2) is 10.4. The van der Waals surface area contributed by atoms with Gasteiger partial charge in [-0.15, -0.1) is 5.10 Å². The van der Waals surface area contributed by atoms with Gasteiger partial charge in [-0.25, -0.2) is 4.68 Å². The van der Waals surface area contributed by atoms with E-state index >= 15 is 0 Å². The SMILES string of the molecule is CCCCc1ccc(C(=O)CCC(=O)O[C@@H](C)c2cccc(-n3cnnn3)c2)cc1. The smallest absolute Gasteiger partial charge is 0.306 e. The highest BCUT2D eigenvalue weighted by molar-refractivity contribution is 5.97. The highest BCUT2D eigenvalue weighted by Crippen LogP contribution is 2.20. The third-order valence-corrected chi connectivity index (χ3v) is 4.91. The lowest BCUT2D eigenvalue weighted by molar-refractivity contribution is -0.148. The van der Waals surface area contributed by atoms with E-state index in [1.807, 2.05) is 48.5 Å². The molecule has 0 radical (unpaired) electrons. The number of hydrogen-bond acceptors (Lipinski definition) is 6. The third-order valence-electron chi connectivity index (χ3n) is 4.91. The van der Waals surface area contributed by atoms with E-state index < -0.39 is 12.1 Å². The van der Waals surface area contributed by atoms with E-state index in [4.69, 9.17) is 4.74 Å². The molecule has 156 valence electrons. The Balaban J connectivity index is 1.50. The molecule has 0 amide bonds. The Morgan fingerprint density at radius 1 is 1.10 bits per heavy atom. The Morgan fingerprint density at radius 3 is 2.60 bits per heavy atom. The first kappa shape index (κ1) is 21.4. The molecule has 1 heterocycles. The van der Waals surface area contributed by atoms with Gasteiger partial charge in [0, 0.05) is 12.0 Å². The Hall–Kier alpha value is -3.35. The number of tetrazole rings is 1. The minimum Gasteiger partial charge on any atom is -0.458 e. The van der Waals surface area contributed by atoms with Gasteiger partial charge in [0.1, 0.15) is 12.4 Å². The summed E-state index contributed by atoms with van der Waals surface area (Å²) in [5.74, 6) is -0.453. The highest BCUT2D eigenvalue weighted by atomic mass is 16.5. The summed E-state index contributed by atoms with van der Waals surface area (Å²) in [7, 11) is 0. The minimum atomic E-state index is -0.443. The number of carbonyl (C=O) groups is 2. The van der Waals surface area contributed by atoms with Crippen LogP contribution < -0.4 is 0 Å². The summed E-state index contributed by atoms with van der Waals surface area (Å²) in [6, 6.07) is 15.1. The van der Waals surface area contributed by atoms with Crippen molar-refractivity contribution in [1.82, 2.24) is 20.2 Å². The zero-order valence-corrected chi connectivity index (χ0v) is 17.3. The summed E-state index contributed by atoms with van der Waals surface area (Å²) in [6.07, 6.45) is 4.53. The standard InChI is InChI=1S/C23H26N4O3/c1-3-4-6-18-9-11-19(12-10-18)22(28)13-14-23(29)30-17(2)20-7-5-8-21(15-20)27-16-24-25-26-27/h5,7-12,15-17H,3-4,6,13-14H2,1-2H3/t17-/m0/s1. The molecule has 0 saturated carbocycles. The van der Waals surface area contributed by atoms with Crippen molar-refractivity contribution in [2.24, 2.45) is 0 Å². The molecule has 7 nitrogen and oxygen atoms in total. The Labute approximate surface area is 176 Å². The van der Waals surface area contributed by atoms with E-state index in [1.165, 1.54) is 16.6 Å². The van der Waals surface area contributed by atoms with Crippen molar-refractivity contribution in [3.63, 3.8) is 0 Å². The van der Waals surface area contributed by atoms with Crippen LogP contribution in [0.2, 0.25) is 0 Å². The molecule has 1 aromatic heterocycles. The summed E-state index contributed by atoms with van der Waals surface area (Å²) in [5.41, 5.74) is 3.46. The number of ether oxygens (including phenoxy) is 1. The quantitative estimate of drug-likeness (QED) is 0.369. The van der Waals surface area contributed by atoms with Gasteiger partial charge < -0.3 is 4.74 Å². The Kier molecular flexibility index (Phi) is 7.43. The maximum absolute atomic E-state index is 12.4. The first-order chi connectivity index (χ1) is 14.6. The molecule has 0 aliphatic rings. The lowest BCUT2D eigenvalue weighted by atomic mass is 10.0. The molecule has 0 aliphatic heterocycles. The molecule has 0 spiro atoms. The highest BCUT2D eigenvalue weighted by Gasteiger charge is 2.15. The first-order valence-electron chi connectivity index (χ1n) is 10.2. The van der Waals surface area contributed by atoms with Crippen LogP contribution in [0.5, 0.6) is 0 Å². The van der Waals surface area contributed by atoms with Crippen LogP contribution in [0.4, 0.5) is 0 Å². The third kappa shape index (κ3) is 5.83. The number of rotatable bonds is 10. The Bertz CT molecular complexity index is 968. The number of nitrogens with zero attached hydrogens (tertiary/aromatic N) is 4. The van der Waals surface area contributed by atoms with Crippen LogP contribution in [-0.2, 0) is 16.0 Å². The monoisotopic (exact) mass is 406 g/mol. The van der Waals surface area contributed by atoms with Crippen molar-refractivity contribution in [1.29, 1.82) is 0 Å². The fourth-order valence-corrected chi connectivity index (χ4v) is 3.12. The summed E-state index contributed by atoms with van der Waals surface area (Å²) < 4.78 is 7.04. The molecule has 0 N–H and O–H groups in total. The van der Waals surface area contributed by atoms with Crippen molar-refractivity contribution in [3.05, 3.63) is 71.5 Å². The number of Topliss-reactive ketones (excluding diaryl/α,β-unsaturated/α-hetero) is 1. The van der Waals surface area contributed by atoms with Crippen LogP contribution in [0.15, 0.2) is 54.9 Å². The van der Waals surface area contributed by atoms with E-state index in [-0.39, 0.29) is 18.6 Å². The lowest BCUT2D eigenvalue weighted by Crippen LogP contribution is -2.11. The molecule has 0 aliphatic carbocycles. The zero-order valence-electron chi connectivity index (χ0n) is 17.3. The molecule has 3 aromatic rings. The van der Waals surface area contributed by atoms with E-state index in [0.717, 1.165) is 30.5 Å². The largest absolute Gasteiger partial charge is 0.458 e. The summed E-state index contributed by atoms with van der Waals surface area (Å²) in [6.45, 7) is 3.95. The van der Waals surface area contributed by atoms with Gasteiger partial charge in [0.05, 0.1) is 12.1 Å². The summed E-state index contributed by atoms with van der Waals surface area (Å²) >= 11 is 0. The second-order valence-electron chi connectivity index (χ2n) is 7.21. The fourth-order valence-electron chi connectivity index (χ4n) is 3.12. The number of hydrogen-bond donors (Lipinski definition) is 0. The average molecular weight is 406 g/mol. The minimum absolute atomic E-state index is 0.0491. The molecule has 3 rings (SSSR count). The van der Waals surface area contributed by atoms with Gasteiger partial charge in [-0.3, -0.25) is 9.59 Å². The maximum atomic E-state index is 12.4. The predicted octanol–water partition coefficient (Wildman–Crippen LogP) is 4.27. The number of esters is 1. The van der Waals surface area contributed by atoms with E-state index in [0.29, 0.717) is 5.56 Å². The van der Waals surface area contributed by atoms with Crippen molar-refractivity contribution in [2.45, 2.75) is 52.1 Å². The topological polar surface area (TPSA) is 87.0 Å². The van der Waals surface area contributed by atoms with Gasteiger partial charge in [0.15, 0.2) is 5.78 Å². The summed E-state index contributed by atoms with van der Waals surface area (Å²) in [4.78, 5) is 24.6. The number of carbonyl (C=O) groups excluding carboxylic acids is 2. The van der Waals surface area contributed by atoms with Crippen LogP contribution in [0, 0.1) is 0 Å². The zero-order chi connectivity index (χ0) is 21.3. The molecule has 0 fully saturated rings. The van der Waals surface area contributed by atoms with Crippen LogP contribution in [0.3, 0.4) is 0 Å². The number of benzene rings is 2. The maximum Gasteiger partial charge on any atom is 0.306 e. The second-order valence-corrected chi connectivity index (χ2v) is 7.21. The predicted molar refractivity (Wildman–Crippen MR) is 112 cm³/mol. The number of ketones is 1. The fraction of sp³-hybridized carbons (Fsp3) is 0.348. The Morgan fingerprint density at radius 2 is 1.90 bits per heavy atom. The lowest BCUT2D eigenvalue weighted by Gasteiger charge is -2.14. The van der Waals surface area contributed by atoms with Crippen LogP contribution >= 0.6 is 0 Å². The van der Waals surface area contributed by atoms with Gasteiger partial charge in [-0.05, 0) is 53.5 Å². The number of unbranched alkanes of at least 4 members (excludes halogenated alkanes) is 1. The average Bonchev–Trinajstić information content (AvgIpc) is 3.31. The van der Waals surface area contributed by atoms with Crippen LogP contribution in [0.1, 0.15) is 67.1 Å². The molecule has 30 heavy (non-hydrogen) atoms. The molecule has 2 aromatic carbocycles. The van der Waals surface area contributed by atoms with Gasteiger partial charge in [-0.2, -0.15) is 0 Å². The number of aromatic nitrogens is 4. The molecular formula is C23H26N4O3. The molecule has 1 atom stereocenters. The van der Waals surface area contributed by atoms with E-state index in [9.17, 15) is 9.59 Å². The van der Waals surface area contributed by atoms with Gasteiger partial charge >= 0.3 is 5.97 Å². The van der Waals surface area contributed by atoms with Crippen molar-refractivity contribution in [2.75, 3.05) is 0 Å². The molecular weight excluding hydrogens is 380 g/mol.